The maximum Gasteiger partial charge on any atom is 0.343 e. The van der Waals surface area contributed by atoms with Crippen LogP contribution in [0.25, 0.3) is 0 Å². The highest BCUT2D eigenvalue weighted by atomic mass is 32.2. The van der Waals surface area contributed by atoms with E-state index >= 15 is 0 Å². The van der Waals surface area contributed by atoms with Crippen LogP contribution in [0.3, 0.4) is 0 Å². The van der Waals surface area contributed by atoms with Crippen LogP contribution in [0.4, 0.5) is 4.39 Å². The molecule has 148 valence electrons. The zero-order valence-electron chi connectivity index (χ0n) is 15.1. The molecule has 2 fully saturated rings. The lowest BCUT2D eigenvalue weighted by molar-refractivity contribution is -0.149. The highest BCUT2D eigenvalue weighted by Crippen LogP contribution is 2.28. The zero-order valence-corrected chi connectivity index (χ0v) is 15.9. The Bertz CT molecular complexity index is 842. The molecule has 9 heteroatoms. The summed E-state index contributed by atoms with van der Waals surface area (Å²) in [4.78, 5) is 24.7. The van der Waals surface area contributed by atoms with Crippen LogP contribution in [0.2, 0.25) is 0 Å². The first-order chi connectivity index (χ1) is 12.6. The lowest BCUT2D eigenvalue weighted by atomic mass is 10.1. The molecule has 0 aromatic heterocycles. The molecule has 0 bridgehead atoms. The zero-order chi connectivity index (χ0) is 19.8. The molecule has 2 aliphatic heterocycles. The van der Waals surface area contributed by atoms with Gasteiger partial charge in [0.15, 0.2) is 0 Å². The van der Waals surface area contributed by atoms with E-state index in [9.17, 15) is 22.4 Å². The Kier molecular flexibility index (Phi) is 5.27. The molecule has 1 amide bonds. The first-order valence-corrected chi connectivity index (χ1v) is 10.4. The van der Waals surface area contributed by atoms with E-state index in [4.69, 9.17) is 5.11 Å². The molecule has 0 radical (unpaired) electrons. The Balaban J connectivity index is 1.75. The third-order valence-electron chi connectivity index (χ3n) is 5.34. The van der Waals surface area contributed by atoms with Crippen molar-refractivity contribution in [1.29, 1.82) is 0 Å². The monoisotopic (exact) mass is 398 g/mol. The minimum Gasteiger partial charge on any atom is -0.479 e. The molecule has 0 spiro atoms. The third kappa shape index (κ3) is 3.70. The van der Waals surface area contributed by atoms with Gasteiger partial charge >= 0.3 is 5.97 Å². The number of nitrogens with zero attached hydrogens (tertiary/aromatic N) is 2. The number of likely N-dealkylation sites (tertiary alicyclic amines) is 1. The van der Waals surface area contributed by atoms with E-state index in [1.807, 2.05) is 6.92 Å². The number of piperidine rings is 1. The van der Waals surface area contributed by atoms with Gasteiger partial charge in [-0.1, -0.05) is 6.42 Å². The predicted molar refractivity (Wildman–Crippen MR) is 95.6 cm³/mol. The molecule has 1 N–H and O–H groups in total. The van der Waals surface area contributed by atoms with E-state index in [1.54, 1.807) is 0 Å². The molecule has 2 saturated heterocycles. The predicted octanol–water partition coefficient (Wildman–Crippen LogP) is 1.89. The van der Waals surface area contributed by atoms with E-state index in [-0.39, 0.29) is 29.5 Å². The number of hydrogen-bond donors (Lipinski definition) is 1. The Morgan fingerprint density at radius 3 is 2.41 bits per heavy atom. The Morgan fingerprint density at radius 2 is 1.85 bits per heavy atom. The minimum absolute atomic E-state index is 0.00692. The lowest BCUT2D eigenvalue weighted by Crippen LogP contribution is -2.41. The summed E-state index contributed by atoms with van der Waals surface area (Å²) in [5.41, 5.74) is -2.22. The third-order valence-corrected chi connectivity index (χ3v) is 7.37. The molecule has 2 atom stereocenters. The molecule has 2 unspecified atom stereocenters. The van der Waals surface area contributed by atoms with Crippen LogP contribution in [0.15, 0.2) is 29.2 Å². The number of aliphatic carboxylic acids is 1. The van der Waals surface area contributed by atoms with Crippen LogP contribution in [0, 0.1) is 0 Å². The molecule has 0 aliphatic carbocycles. The molecule has 1 aromatic carbocycles. The van der Waals surface area contributed by atoms with Crippen molar-refractivity contribution in [2.24, 2.45) is 0 Å². The highest BCUT2D eigenvalue weighted by molar-refractivity contribution is 7.89. The fourth-order valence-electron chi connectivity index (χ4n) is 3.64. The summed E-state index contributed by atoms with van der Waals surface area (Å²) < 4.78 is 41.3. The van der Waals surface area contributed by atoms with Crippen LogP contribution in [0.5, 0.6) is 0 Å². The second kappa shape index (κ2) is 7.20. The number of hydrogen-bond acceptors (Lipinski definition) is 4. The van der Waals surface area contributed by atoms with Gasteiger partial charge in [-0.05, 0) is 44.0 Å². The Morgan fingerprint density at radius 1 is 1.19 bits per heavy atom. The van der Waals surface area contributed by atoms with E-state index in [2.05, 4.69) is 0 Å². The lowest BCUT2D eigenvalue weighted by Gasteiger charge is -2.32. The number of carboxylic acid groups (broad SMARTS) is 1. The maximum absolute atomic E-state index is 14.1. The molecule has 2 aliphatic rings. The molecular weight excluding hydrogens is 375 g/mol. The fourth-order valence-corrected chi connectivity index (χ4v) is 5.34. The maximum atomic E-state index is 14.1. The van der Waals surface area contributed by atoms with E-state index in [1.165, 1.54) is 28.6 Å². The molecule has 2 heterocycles. The quantitative estimate of drug-likeness (QED) is 0.836. The van der Waals surface area contributed by atoms with E-state index in [0.717, 1.165) is 24.2 Å². The van der Waals surface area contributed by atoms with Gasteiger partial charge in [-0.25, -0.2) is 17.6 Å². The highest BCUT2D eigenvalue weighted by Gasteiger charge is 2.47. The number of sulfonamides is 1. The fraction of sp³-hybridized carbons (Fsp3) is 0.556. The van der Waals surface area contributed by atoms with Gasteiger partial charge in [-0.3, -0.25) is 4.79 Å². The van der Waals surface area contributed by atoms with Gasteiger partial charge in [-0.2, -0.15) is 4.31 Å². The number of carboxylic acids is 1. The van der Waals surface area contributed by atoms with E-state index in [0.29, 0.717) is 6.54 Å². The second-order valence-electron chi connectivity index (χ2n) is 7.23. The van der Waals surface area contributed by atoms with Crippen molar-refractivity contribution in [3.05, 3.63) is 29.8 Å². The van der Waals surface area contributed by atoms with E-state index < -0.39 is 34.1 Å². The molecule has 3 rings (SSSR count). The average Bonchev–Trinajstić information content (AvgIpc) is 3.05. The van der Waals surface area contributed by atoms with Crippen molar-refractivity contribution in [2.45, 2.75) is 49.2 Å². The van der Waals surface area contributed by atoms with Gasteiger partial charge in [0.1, 0.15) is 0 Å². The summed E-state index contributed by atoms with van der Waals surface area (Å²) in [6, 6.07) is 5.47. The summed E-state index contributed by atoms with van der Waals surface area (Å²) in [6.07, 6.45) is 2.39. The normalized spacial score (nSPS) is 26.9. The SMILES string of the molecule is CC1CCCCN1S(=O)(=O)c1ccc(C(=O)N2CCC(F)(C(=O)O)C2)cc1. The van der Waals surface area contributed by atoms with Gasteiger partial charge in [-0.15, -0.1) is 0 Å². The minimum atomic E-state index is -3.63. The molecule has 1 aromatic rings. The summed E-state index contributed by atoms with van der Waals surface area (Å²) in [5, 5.41) is 8.93. The van der Waals surface area contributed by atoms with Gasteiger partial charge in [0.05, 0.1) is 11.4 Å². The first kappa shape index (κ1) is 19.8. The van der Waals surface area contributed by atoms with Crippen LogP contribution in [0.1, 0.15) is 43.0 Å². The number of carbonyl (C=O) groups is 2. The number of amides is 1. The average molecular weight is 398 g/mol. The van der Waals surface area contributed by atoms with Crippen molar-refractivity contribution >= 4 is 21.9 Å². The van der Waals surface area contributed by atoms with Gasteiger partial charge < -0.3 is 10.0 Å². The van der Waals surface area contributed by atoms with Crippen molar-refractivity contribution < 1.29 is 27.5 Å². The van der Waals surface area contributed by atoms with Crippen molar-refractivity contribution in [1.82, 2.24) is 9.21 Å². The smallest absolute Gasteiger partial charge is 0.343 e. The van der Waals surface area contributed by atoms with Gasteiger partial charge in [0, 0.05) is 31.1 Å². The Hall–Kier alpha value is -2.00. The van der Waals surface area contributed by atoms with Crippen LogP contribution in [-0.2, 0) is 14.8 Å². The number of carbonyl (C=O) groups excluding carboxylic acids is 1. The Labute approximate surface area is 157 Å². The standard InChI is InChI=1S/C18H23FN2O5S/c1-13-4-2-3-10-21(13)27(25,26)15-7-5-14(6-8-15)16(22)20-11-9-18(19,12-20)17(23)24/h5-8,13H,2-4,9-12H2,1H3,(H,23,24). The van der Waals surface area contributed by atoms with Gasteiger partial charge in [0.25, 0.3) is 5.91 Å². The van der Waals surface area contributed by atoms with Crippen LogP contribution >= 0.6 is 0 Å². The van der Waals surface area contributed by atoms with Crippen LogP contribution in [-0.4, -0.2) is 66.0 Å². The first-order valence-electron chi connectivity index (χ1n) is 8.99. The summed E-state index contributed by atoms with van der Waals surface area (Å²) in [7, 11) is -3.63. The number of rotatable bonds is 4. The molecule has 27 heavy (non-hydrogen) atoms. The summed E-state index contributed by atoms with van der Waals surface area (Å²) >= 11 is 0. The summed E-state index contributed by atoms with van der Waals surface area (Å²) in [6.45, 7) is 1.86. The number of halogens is 1. The molecular formula is C18H23FN2O5S. The van der Waals surface area contributed by atoms with Gasteiger partial charge in [0.2, 0.25) is 15.7 Å². The van der Waals surface area contributed by atoms with Crippen molar-refractivity contribution in [3.63, 3.8) is 0 Å². The second-order valence-corrected chi connectivity index (χ2v) is 9.12. The number of benzene rings is 1. The number of alkyl halides is 1. The van der Waals surface area contributed by atoms with Crippen LogP contribution < -0.4 is 0 Å². The topological polar surface area (TPSA) is 95.0 Å². The largest absolute Gasteiger partial charge is 0.479 e. The summed E-state index contributed by atoms with van der Waals surface area (Å²) in [5.74, 6) is -2.08. The molecule has 7 nitrogen and oxygen atoms in total. The van der Waals surface area contributed by atoms with Crippen molar-refractivity contribution in [2.75, 3.05) is 19.6 Å². The molecule has 0 saturated carbocycles. The van der Waals surface area contributed by atoms with Crippen molar-refractivity contribution in [3.8, 4) is 0 Å².